The summed E-state index contributed by atoms with van der Waals surface area (Å²) < 4.78 is 0. The van der Waals surface area contributed by atoms with Crippen molar-refractivity contribution in [1.29, 1.82) is 0 Å². The van der Waals surface area contributed by atoms with Gasteiger partial charge in [0.05, 0.1) is 0 Å². The molecule has 7 heteroatoms. The van der Waals surface area contributed by atoms with Crippen molar-refractivity contribution < 1.29 is 19.8 Å². The molecule has 0 rings (SSSR count). The number of nitrogens with one attached hydrogen (secondary N) is 2. The molecule has 0 fully saturated rings. The van der Waals surface area contributed by atoms with E-state index in [-0.39, 0.29) is 25.8 Å². The van der Waals surface area contributed by atoms with Crippen molar-refractivity contribution in [3.63, 3.8) is 0 Å². The van der Waals surface area contributed by atoms with Crippen LogP contribution in [0.25, 0.3) is 0 Å². The Balaban J connectivity index is 0. The van der Waals surface area contributed by atoms with Gasteiger partial charge in [0.25, 0.3) is 0 Å². The molecule has 2 atom stereocenters. The number of aliphatic carboxylic acids is 2. The summed E-state index contributed by atoms with van der Waals surface area (Å²) in [6.07, 6.45) is 1.41. The first-order valence-electron chi connectivity index (χ1n) is 4.83. The van der Waals surface area contributed by atoms with E-state index < -0.39 is 24.0 Å². The Morgan fingerprint density at radius 1 is 1.00 bits per heavy atom. The van der Waals surface area contributed by atoms with Crippen LogP contribution in [0.5, 0.6) is 0 Å². The van der Waals surface area contributed by atoms with Crippen LogP contribution in [0.15, 0.2) is 0 Å². The Morgan fingerprint density at radius 3 is 1.50 bits per heavy atom. The zero-order valence-corrected chi connectivity index (χ0v) is 8.99. The van der Waals surface area contributed by atoms with E-state index in [0.29, 0.717) is 19.3 Å². The first-order valence-corrected chi connectivity index (χ1v) is 4.83. The van der Waals surface area contributed by atoms with Gasteiger partial charge in [0.1, 0.15) is 12.1 Å². The molecule has 0 aromatic heterocycles. The Labute approximate surface area is 114 Å². The number of carboxylic acid groups (broad SMARTS) is 2. The second-order valence-corrected chi connectivity index (χ2v) is 3.29. The van der Waals surface area contributed by atoms with E-state index in [9.17, 15) is 9.59 Å². The van der Waals surface area contributed by atoms with Gasteiger partial charge in [0.2, 0.25) is 0 Å². The zero-order chi connectivity index (χ0) is 11.8. The molecule has 0 heterocycles. The first kappa shape index (κ1) is 18.1. The summed E-state index contributed by atoms with van der Waals surface area (Å²) >= 11 is 0. The third-order valence-electron chi connectivity index (χ3n) is 2.28. The molecular weight excluding hydrogens is 315 g/mol. The third-order valence-corrected chi connectivity index (χ3v) is 2.28. The minimum absolute atomic E-state index is 0. The zero-order valence-electron chi connectivity index (χ0n) is 8.99. The fourth-order valence-corrected chi connectivity index (χ4v) is 1.31. The number of hydrogen-bond acceptors (Lipinski definition) is 4. The number of carbonyl (C=O) groups is 2. The number of carboxylic acids is 2. The van der Waals surface area contributed by atoms with Crippen LogP contribution in [0.1, 0.15) is 19.3 Å². The van der Waals surface area contributed by atoms with E-state index in [2.05, 4.69) is 10.6 Å². The molecule has 0 bridgehead atoms. The monoisotopic (exact) mass is 336 g/mol. The summed E-state index contributed by atoms with van der Waals surface area (Å²) in [5, 5.41) is 22.7. The van der Waals surface area contributed by atoms with Gasteiger partial charge in [-0.2, -0.15) is 0 Å². The second kappa shape index (κ2) is 9.92. The molecule has 0 aliphatic heterocycles. The number of likely N-dealkylation sites (N-methyl/N-ethyl adjacent to an activating group) is 2. The molecule has 4 N–H and O–H groups in total. The van der Waals surface area contributed by atoms with Crippen molar-refractivity contribution in [3.05, 3.63) is 0 Å². The van der Waals surface area contributed by atoms with Crippen molar-refractivity contribution >= 4 is 37.8 Å². The van der Waals surface area contributed by atoms with E-state index in [0.717, 1.165) is 0 Å². The van der Waals surface area contributed by atoms with Crippen LogP contribution < -0.4 is 10.6 Å². The molecule has 16 heavy (non-hydrogen) atoms. The molecule has 0 aliphatic carbocycles. The molecule has 0 spiro atoms. The Bertz CT molecular complexity index is 204. The summed E-state index contributed by atoms with van der Waals surface area (Å²) in [5.74, 6) is -1.82. The fraction of sp³-hybridized carbons (Fsp3) is 0.778. The molecule has 0 amide bonds. The molecule has 94 valence electrons. The average Bonchev–Trinajstić information content (AvgIpc) is 2.17. The van der Waals surface area contributed by atoms with Crippen LogP contribution in [0.2, 0.25) is 0 Å². The molecule has 0 aliphatic rings. The topological polar surface area (TPSA) is 98.7 Å². The summed E-state index contributed by atoms with van der Waals surface area (Å²) in [4.78, 5) is 21.2. The van der Waals surface area contributed by atoms with E-state index >= 15 is 0 Å². The molecule has 0 saturated carbocycles. The molecule has 0 saturated heterocycles. The van der Waals surface area contributed by atoms with Crippen molar-refractivity contribution in [3.8, 4) is 0 Å². The number of hydrogen-bond donors (Lipinski definition) is 4. The van der Waals surface area contributed by atoms with Gasteiger partial charge in [-0.3, -0.25) is 9.59 Å². The van der Waals surface area contributed by atoms with Crippen molar-refractivity contribution in [2.75, 3.05) is 14.1 Å². The Hall–Kier alpha value is -0.270. The molecular formula is C9H21InN2O4. The molecule has 0 aromatic carbocycles. The quantitative estimate of drug-likeness (QED) is 0.423. The predicted molar refractivity (Wildman–Crippen MR) is 64.8 cm³/mol. The van der Waals surface area contributed by atoms with Crippen molar-refractivity contribution in [1.82, 2.24) is 10.6 Å². The van der Waals surface area contributed by atoms with Gasteiger partial charge in [0.15, 0.2) is 0 Å². The van der Waals surface area contributed by atoms with Crippen molar-refractivity contribution in [2.24, 2.45) is 0 Å². The summed E-state index contributed by atoms with van der Waals surface area (Å²) in [7, 11) is 3.15. The van der Waals surface area contributed by atoms with Crippen LogP contribution in [0.3, 0.4) is 0 Å². The molecule has 0 radical (unpaired) electrons. The van der Waals surface area contributed by atoms with Gasteiger partial charge in [-0.1, -0.05) is 0 Å². The van der Waals surface area contributed by atoms with Gasteiger partial charge >= 0.3 is 37.8 Å². The molecule has 0 aromatic rings. The van der Waals surface area contributed by atoms with Gasteiger partial charge in [-0.15, -0.1) is 0 Å². The van der Waals surface area contributed by atoms with Gasteiger partial charge in [-0.05, 0) is 33.4 Å². The first-order chi connectivity index (χ1) is 7.02. The second-order valence-electron chi connectivity index (χ2n) is 3.29. The SMILES string of the molecule is CNC(CCCC(NC)C(=O)O)C(=O)O.[InH3]. The fourth-order valence-electron chi connectivity index (χ4n) is 1.31. The van der Waals surface area contributed by atoms with Crippen LogP contribution in [-0.2, 0) is 9.59 Å². The summed E-state index contributed by atoms with van der Waals surface area (Å²) in [5.41, 5.74) is 0. The Morgan fingerprint density at radius 2 is 1.31 bits per heavy atom. The van der Waals surface area contributed by atoms with E-state index in [1.54, 1.807) is 14.1 Å². The minimum atomic E-state index is -0.908. The maximum absolute atomic E-state index is 10.6. The Kier molecular flexibility index (Phi) is 11.2. The molecule has 2 unspecified atom stereocenters. The third kappa shape index (κ3) is 7.08. The summed E-state index contributed by atoms with van der Waals surface area (Å²) in [6.45, 7) is 0. The van der Waals surface area contributed by atoms with Crippen LogP contribution >= 0.6 is 0 Å². The van der Waals surface area contributed by atoms with Gasteiger partial charge in [0, 0.05) is 0 Å². The van der Waals surface area contributed by atoms with E-state index in [4.69, 9.17) is 10.2 Å². The maximum atomic E-state index is 10.6. The van der Waals surface area contributed by atoms with Crippen LogP contribution in [0.4, 0.5) is 0 Å². The van der Waals surface area contributed by atoms with Crippen LogP contribution in [-0.4, -0.2) is 74.2 Å². The van der Waals surface area contributed by atoms with Crippen LogP contribution in [0, 0.1) is 0 Å². The normalized spacial score (nSPS) is 13.6. The standard InChI is InChI=1S/C9H18N2O4.In.3H/c1-10-6(8(12)13)4-3-5-7(11-2)9(14)15;;;;/h6-7,10-11H,3-5H2,1-2H3,(H,12,13)(H,14,15);;;;. The van der Waals surface area contributed by atoms with E-state index in [1.807, 2.05) is 0 Å². The van der Waals surface area contributed by atoms with Gasteiger partial charge in [-0.25, -0.2) is 0 Å². The number of rotatable bonds is 8. The van der Waals surface area contributed by atoms with Crippen molar-refractivity contribution in [2.45, 2.75) is 31.3 Å². The molecule has 6 nitrogen and oxygen atoms in total. The summed E-state index contributed by atoms with van der Waals surface area (Å²) in [6, 6.07) is -1.20. The van der Waals surface area contributed by atoms with E-state index in [1.165, 1.54) is 0 Å². The van der Waals surface area contributed by atoms with Gasteiger partial charge < -0.3 is 20.8 Å². The average molecular weight is 336 g/mol. The predicted octanol–water partition coefficient (Wildman–Crippen LogP) is -1.68.